The third-order valence-electron chi connectivity index (χ3n) is 4.47. The molecule has 0 atom stereocenters. The molecule has 1 amide bonds. The summed E-state index contributed by atoms with van der Waals surface area (Å²) in [5.41, 5.74) is 2.99. The van der Waals surface area contributed by atoms with E-state index in [2.05, 4.69) is 6.07 Å². The van der Waals surface area contributed by atoms with Gasteiger partial charge in [-0.1, -0.05) is 24.3 Å². The molecule has 0 radical (unpaired) electrons. The Bertz CT molecular complexity index is 854. The fraction of sp³-hybridized carbons (Fsp3) is 0.316. The lowest BCUT2D eigenvalue weighted by atomic mass is 9.99. The first-order valence-electron chi connectivity index (χ1n) is 8.09. The van der Waals surface area contributed by atoms with Gasteiger partial charge in [0.15, 0.2) is 9.84 Å². The second-order valence-electron chi connectivity index (χ2n) is 6.36. The van der Waals surface area contributed by atoms with E-state index in [4.69, 9.17) is 0 Å². The number of fused-ring (bicyclic) bond motifs is 1. The highest BCUT2D eigenvalue weighted by atomic mass is 32.2. The van der Waals surface area contributed by atoms with E-state index in [1.807, 2.05) is 23.1 Å². The molecule has 0 saturated carbocycles. The third-order valence-corrected chi connectivity index (χ3v) is 6.64. The van der Waals surface area contributed by atoms with Gasteiger partial charge < -0.3 is 4.90 Å². The van der Waals surface area contributed by atoms with Crippen LogP contribution in [0, 0.1) is 0 Å². The molecule has 0 aliphatic carbocycles. The molecule has 0 spiro atoms. The van der Waals surface area contributed by atoms with E-state index < -0.39 is 15.1 Å². The minimum atomic E-state index is -3.31. The van der Waals surface area contributed by atoms with Gasteiger partial charge in [-0.3, -0.25) is 4.79 Å². The van der Waals surface area contributed by atoms with E-state index in [1.54, 1.807) is 26.0 Å². The summed E-state index contributed by atoms with van der Waals surface area (Å²) < 4.78 is 24.3. The Morgan fingerprint density at radius 2 is 1.62 bits per heavy atom. The van der Waals surface area contributed by atoms with Crippen LogP contribution < -0.4 is 0 Å². The number of rotatable bonds is 3. The Hall–Kier alpha value is -2.14. The van der Waals surface area contributed by atoms with E-state index in [1.165, 1.54) is 23.3 Å². The maximum Gasteiger partial charge on any atom is 0.254 e. The molecule has 2 aromatic rings. The van der Waals surface area contributed by atoms with Gasteiger partial charge in [0.05, 0.1) is 10.1 Å². The predicted octanol–water partition coefficient (Wildman–Crippen LogP) is 3.07. The van der Waals surface area contributed by atoms with Crippen molar-refractivity contribution in [1.29, 1.82) is 0 Å². The van der Waals surface area contributed by atoms with Crippen molar-refractivity contribution in [3.63, 3.8) is 0 Å². The average Bonchev–Trinajstić information content (AvgIpc) is 2.60. The Morgan fingerprint density at radius 3 is 2.25 bits per heavy atom. The Morgan fingerprint density at radius 1 is 1.00 bits per heavy atom. The van der Waals surface area contributed by atoms with Crippen LogP contribution in [0.5, 0.6) is 0 Å². The first-order chi connectivity index (χ1) is 11.4. The summed E-state index contributed by atoms with van der Waals surface area (Å²) in [6.07, 6.45) is 0.849. The van der Waals surface area contributed by atoms with Crippen molar-refractivity contribution in [3.8, 4) is 0 Å². The molecule has 0 N–H and O–H groups in total. The molecule has 2 aromatic carbocycles. The molecule has 0 bridgehead atoms. The zero-order valence-electron chi connectivity index (χ0n) is 13.9. The largest absolute Gasteiger partial charge is 0.334 e. The van der Waals surface area contributed by atoms with E-state index in [-0.39, 0.29) is 10.8 Å². The monoisotopic (exact) mass is 343 g/mol. The first-order valence-corrected chi connectivity index (χ1v) is 9.64. The predicted molar refractivity (Wildman–Crippen MR) is 93.7 cm³/mol. The molecule has 5 heteroatoms. The number of hydrogen-bond acceptors (Lipinski definition) is 3. The van der Waals surface area contributed by atoms with Gasteiger partial charge in [-0.15, -0.1) is 0 Å². The highest BCUT2D eigenvalue weighted by Gasteiger charge is 2.23. The van der Waals surface area contributed by atoms with E-state index in [0.29, 0.717) is 18.7 Å². The number of carbonyl (C=O) groups is 1. The summed E-state index contributed by atoms with van der Waals surface area (Å²) in [7, 11) is -3.31. The number of sulfone groups is 1. The summed E-state index contributed by atoms with van der Waals surface area (Å²) in [6.45, 7) is 4.59. The molecular formula is C19H21NO3S. The smallest absolute Gasteiger partial charge is 0.254 e. The van der Waals surface area contributed by atoms with Gasteiger partial charge in [0, 0.05) is 18.7 Å². The fourth-order valence-corrected chi connectivity index (χ4v) is 3.97. The molecule has 4 nitrogen and oxygen atoms in total. The summed E-state index contributed by atoms with van der Waals surface area (Å²) >= 11 is 0. The minimum absolute atomic E-state index is 0.0574. The molecule has 3 rings (SSSR count). The fourth-order valence-electron chi connectivity index (χ4n) is 2.91. The van der Waals surface area contributed by atoms with E-state index >= 15 is 0 Å². The lowest BCUT2D eigenvalue weighted by Crippen LogP contribution is -2.35. The molecule has 0 aromatic heterocycles. The van der Waals surface area contributed by atoms with Gasteiger partial charge in [-0.2, -0.15) is 0 Å². The number of nitrogens with zero attached hydrogens (tertiary/aromatic N) is 1. The average molecular weight is 343 g/mol. The van der Waals surface area contributed by atoms with Gasteiger partial charge in [0.2, 0.25) is 0 Å². The van der Waals surface area contributed by atoms with Crippen LogP contribution in [0.3, 0.4) is 0 Å². The maximum atomic E-state index is 12.7. The van der Waals surface area contributed by atoms with Crippen molar-refractivity contribution in [3.05, 3.63) is 65.2 Å². The molecule has 0 fully saturated rings. The van der Waals surface area contributed by atoms with Crippen molar-refractivity contribution in [2.24, 2.45) is 0 Å². The maximum absolute atomic E-state index is 12.7. The van der Waals surface area contributed by atoms with Gasteiger partial charge >= 0.3 is 0 Å². The summed E-state index contributed by atoms with van der Waals surface area (Å²) in [5, 5.41) is -0.474. The van der Waals surface area contributed by atoms with Crippen LogP contribution in [0.15, 0.2) is 53.4 Å². The number of amides is 1. The topological polar surface area (TPSA) is 54.5 Å². The standard InChI is InChI=1S/C19H21NO3S/c1-14(2)24(22,23)18-9-7-16(8-10-18)19(21)20-12-11-15-5-3-4-6-17(15)13-20/h3-10,14H,11-13H2,1-2H3. The number of benzene rings is 2. The Kier molecular flexibility index (Phi) is 4.45. The summed E-state index contributed by atoms with van der Waals surface area (Å²) in [4.78, 5) is 14.8. The molecular weight excluding hydrogens is 322 g/mol. The van der Waals surface area contributed by atoms with Crippen LogP contribution in [0.4, 0.5) is 0 Å². The zero-order chi connectivity index (χ0) is 17.3. The second-order valence-corrected chi connectivity index (χ2v) is 8.87. The normalized spacial score (nSPS) is 14.5. The molecule has 0 unspecified atom stereocenters. The Balaban J connectivity index is 1.79. The van der Waals surface area contributed by atoms with Crippen LogP contribution >= 0.6 is 0 Å². The Labute approximate surface area is 143 Å². The molecule has 24 heavy (non-hydrogen) atoms. The minimum Gasteiger partial charge on any atom is -0.334 e. The lowest BCUT2D eigenvalue weighted by molar-refractivity contribution is 0.0734. The first kappa shape index (κ1) is 16.7. The van der Waals surface area contributed by atoms with Gasteiger partial charge in [-0.25, -0.2) is 8.42 Å². The number of carbonyl (C=O) groups excluding carboxylic acids is 1. The number of hydrogen-bond donors (Lipinski definition) is 0. The van der Waals surface area contributed by atoms with Crippen molar-refractivity contribution >= 4 is 15.7 Å². The lowest BCUT2D eigenvalue weighted by Gasteiger charge is -2.29. The molecule has 0 saturated heterocycles. The third kappa shape index (κ3) is 3.08. The highest BCUT2D eigenvalue weighted by Crippen LogP contribution is 2.21. The van der Waals surface area contributed by atoms with Crippen LogP contribution in [0.1, 0.15) is 35.3 Å². The van der Waals surface area contributed by atoms with Crippen LogP contribution in [0.25, 0.3) is 0 Å². The van der Waals surface area contributed by atoms with Crippen molar-refractivity contribution in [2.75, 3.05) is 6.54 Å². The van der Waals surface area contributed by atoms with Crippen LogP contribution in [-0.4, -0.2) is 31.0 Å². The van der Waals surface area contributed by atoms with E-state index in [0.717, 1.165) is 6.42 Å². The quantitative estimate of drug-likeness (QED) is 0.861. The van der Waals surface area contributed by atoms with Crippen molar-refractivity contribution < 1.29 is 13.2 Å². The summed E-state index contributed by atoms with van der Waals surface area (Å²) in [6, 6.07) is 14.4. The van der Waals surface area contributed by atoms with Crippen molar-refractivity contribution in [2.45, 2.75) is 37.0 Å². The van der Waals surface area contributed by atoms with Crippen molar-refractivity contribution in [1.82, 2.24) is 4.90 Å². The SMILES string of the molecule is CC(C)S(=O)(=O)c1ccc(C(=O)N2CCc3ccccc3C2)cc1. The van der Waals surface area contributed by atoms with Gasteiger partial charge in [0.25, 0.3) is 5.91 Å². The van der Waals surface area contributed by atoms with Gasteiger partial charge in [-0.05, 0) is 55.7 Å². The summed E-state index contributed by atoms with van der Waals surface area (Å²) in [5.74, 6) is -0.0574. The molecule has 126 valence electrons. The van der Waals surface area contributed by atoms with Gasteiger partial charge in [0.1, 0.15) is 0 Å². The van der Waals surface area contributed by atoms with Crippen LogP contribution in [-0.2, 0) is 22.8 Å². The zero-order valence-corrected chi connectivity index (χ0v) is 14.7. The second kappa shape index (κ2) is 6.40. The molecule has 1 aliphatic heterocycles. The molecule has 1 heterocycles. The van der Waals surface area contributed by atoms with E-state index in [9.17, 15) is 13.2 Å². The van der Waals surface area contributed by atoms with Crippen LogP contribution in [0.2, 0.25) is 0 Å². The molecule has 1 aliphatic rings. The highest BCUT2D eigenvalue weighted by molar-refractivity contribution is 7.92.